The van der Waals surface area contributed by atoms with E-state index >= 15 is 0 Å². The lowest BCUT2D eigenvalue weighted by molar-refractivity contribution is 0.332. The van der Waals surface area contributed by atoms with Crippen LogP contribution in [0.2, 0.25) is 0 Å². The minimum Gasteiger partial charge on any atom is -0.468 e. The average Bonchev–Trinajstić information content (AvgIpc) is 1.30. The van der Waals surface area contributed by atoms with Gasteiger partial charge in [-0.3, -0.25) is 0 Å². The van der Waals surface area contributed by atoms with E-state index in [4.69, 9.17) is 4.42 Å². The fourth-order valence-corrected chi connectivity index (χ4v) is 18.7. The van der Waals surface area contributed by atoms with Crippen LogP contribution in [0.5, 0.6) is 0 Å². The summed E-state index contributed by atoms with van der Waals surface area (Å²) in [4.78, 5) is 8.00. The SMILES string of the molecule is Cc1cc2c3c(c1)N(c1ccc4c(c1)C(C)(C)CCC4(C)C)c1c(oc4cc5c(cc14)C(C)(C)CCC5(C)C)B3c1ccc(N(c3ccc4c(c3)C(C)(C)CCC4(C)C)c3ccc4c(c3)C(C)(C)CCC4(C)C)cc1N2c1ccc2c(c1)C(C)(C)CCC2(C)C. The quantitative estimate of drug-likeness (QED) is 0.160. The molecule has 90 heavy (non-hydrogen) atoms. The van der Waals surface area contributed by atoms with Crippen molar-refractivity contribution in [2.75, 3.05) is 14.7 Å². The van der Waals surface area contributed by atoms with Gasteiger partial charge in [-0.15, -0.1) is 0 Å². The smallest absolute Gasteiger partial charge is 0.297 e. The van der Waals surface area contributed by atoms with Crippen molar-refractivity contribution in [2.24, 2.45) is 0 Å². The van der Waals surface area contributed by atoms with Crippen molar-refractivity contribution in [1.29, 1.82) is 0 Å². The number of benzene rings is 7. The molecular weight excluding hydrogens is 1090 g/mol. The Bertz CT molecular complexity index is 4290. The molecular formula is C85H102BN3O. The Balaban J connectivity index is 1.04. The van der Waals surface area contributed by atoms with Crippen LogP contribution in [0.25, 0.3) is 11.0 Å². The first kappa shape index (κ1) is 59.8. The topological polar surface area (TPSA) is 22.9 Å². The summed E-state index contributed by atoms with van der Waals surface area (Å²) in [5, 5.41) is 1.21. The van der Waals surface area contributed by atoms with Gasteiger partial charge in [-0.1, -0.05) is 169 Å². The van der Waals surface area contributed by atoms with E-state index in [-0.39, 0.29) is 60.9 Å². The zero-order chi connectivity index (χ0) is 64.0. The average molecular weight is 1190 g/mol. The molecule has 2 aliphatic heterocycles. The maximum Gasteiger partial charge on any atom is 0.297 e. The zero-order valence-electron chi connectivity index (χ0n) is 58.9. The highest BCUT2D eigenvalue weighted by Crippen LogP contribution is 2.57. The second-order valence-electron chi connectivity index (χ2n) is 36.4. The Morgan fingerprint density at radius 3 is 1.10 bits per heavy atom. The summed E-state index contributed by atoms with van der Waals surface area (Å²) in [5.74, 6) is 0. The van der Waals surface area contributed by atoms with E-state index in [1.54, 1.807) is 0 Å². The van der Waals surface area contributed by atoms with Crippen LogP contribution in [0.3, 0.4) is 0 Å². The minimum absolute atomic E-state index is 0.00728. The summed E-state index contributed by atoms with van der Waals surface area (Å²) in [5.41, 5.74) is 31.9. The van der Waals surface area contributed by atoms with Gasteiger partial charge in [0, 0.05) is 50.9 Å². The van der Waals surface area contributed by atoms with E-state index in [1.165, 1.54) is 149 Å². The van der Waals surface area contributed by atoms with E-state index in [2.05, 4.69) is 275 Å². The van der Waals surface area contributed by atoms with Gasteiger partial charge >= 0.3 is 0 Å². The van der Waals surface area contributed by atoms with Crippen LogP contribution < -0.4 is 31.3 Å². The molecule has 7 aromatic carbocycles. The number of rotatable bonds is 5. The predicted molar refractivity (Wildman–Crippen MR) is 386 cm³/mol. The van der Waals surface area contributed by atoms with Crippen LogP contribution in [0, 0.1) is 6.92 Å². The largest absolute Gasteiger partial charge is 0.468 e. The first-order chi connectivity index (χ1) is 41.9. The lowest BCUT2D eigenvalue weighted by Gasteiger charge is -2.46. The Hall–Kier alpha value is -6.46. The third-order valence-electron chi connectivity index (χ3n) is 25.4. The van der Waals surface area contributed by atoms with E-state index in [9.17, 15) is 0 Å². The van der Waals surface area contributed by atoms with Crippen LogP contribution in [0.15, 0.2) is 120 Å². The fourth-order valence-electron chi connectivity index (χ4n) is 18.7. The highest BCUT2D eigenvalue weighted by atomic mass is 16.3. The lowest BCUT2D eigenvalue weighted by atomic mass is 9.35. The molecule has 7 aliphatic rings. The lowest BCUT2D eigenvalue weighted by Crippen LogP contribution is -2.61. The molecule has 4 nitrogen and oxygen atoms in total. The second-order valence-corrected chi connectivity index (χ2v) is 36.4. The molecule has 0 bridgehead atoms. The van der Waals surface area contributed by atoms with Crippen LogP contribution in [0.1, 0.15) is 264 Å². The monoisotopic (exact) mass is 1190 g/mol. The molecule has 15 rings (SSSR count). The highest BCUT2D eigenvalue weighted by molar-refractivity contribution is 7.00. The molecule has 5 aliphatic carbocycles. The predicted octanol–water partition coefficient (Wildman–Crippen LogP) is 22.0. The van der Waals surface area contributed by atoms with Gasteiger partial charge in [0.15, 0.2) is 0 Å². The van der Waals surface area contributed by atoms with Gasteiger partial charge in [-0.25, -0.2) is 0 Å². The number of furan rings is 1. The summed E-state index contributed by atoms with van der Waals surface area (Å²) in [6, 6.07) is 47.9. The molecule has 0 atom stereocenters. The van der Waals surface area contributed by atoms with E-state index in [0.29, 0.717) is 0 Å². The molecule has 466 valence electrons. The number of anilines is 9. The van der Waals surface area contributed by atoms with E-state index in [0.717, 1.165) is 55.5 Å². The van der Waals surface area contributed by atoms with Crippen molar-refractivity contribution in [3.05, 3.63) is 176 Å². The fraction of sp³-hybridized carbons (Fsp3) is 0.482. The zero-order valence-corrected chi connectivity index (χ0v) is 58.9. The number of hydrogen-bond donors (Lipinski definition) is 0. The third kappa shape index (κ3) is 8.77. The molecule has 0 spiro atoms. The van der Waals surface area contributed by atoms with Crippen molar-refractivity contribution < 1.29 is 4.42 Å². The van der Waals surface area contributed by atoms with Gasteiger partial charge < -0.3 is 19.1 Å². The molecule has 5 heteroatoms. The molecule has 8 aromatic rings. The Kier molecular flexibility index (Phi) is 12.5. The Morgan fingerprint density at radius 1 is 0.333 bits per heavy atom. The number of nitrogens with zero attached hydrogens (tertiary/aromatic N) is 3. The summed E-state index contributed by atoms with van der Waals surface area (Å²) in [6.07, 6.45) is 11.6. The minimum atomic E-state index is -0.194. The van der Waals surface area contributed by atoms with Gasteiger partial charge in [0.1, 0.15) is 5.58 Å². The molecule has 0 fully saturated rings. The Labute approximate surface area is 541 Å². The molecule has 0 unspecified atom stereocenters. The second kappa shape index (κ2) is 18.9. The first-order valence-electron chi connectivity index (χ1n) is 34.8. The summed E-state index contributed by atoms with van der Waals surface area (Å²) < 4.78 is 7.88. The molecule has 0 saturated carbocycles. The van der Waals surface area contributed by atoms with Crippen molar-refractivity contribution in [1.82, 2.24) is 0 Å². The number of fused-ring (bicyclic) bond motifs is 11. The first-order valence-corrected chi connectivity index (χ1v) is 34.8. The van der Waals surface area contributed by atoms with Crippen LogP contribution in [0.4, 0.5) is 51.2 Å². The van der Waals surface area contributed by atoms with Crippen molar-refractivity contribution in [2.45, 2.75) is 264 Å². The number of hydrogen-bond acceptors (Lipinski definition) is 4. The molecule has 0 N–H and O–H groups in total. The van der Waals surface area contributed by atoms with Crippen molar-refractivity contribution >= 4 is 85.5 Å². The van der Waals surface area contributed by atoms with Crippen molar-refractivity contribution in [3.8, 4) is 0 Å². The molecule has 0 saturated heterocycles. The highest BCUT2D eigenvalue weighted by Gasteiger charge is 2.50. The molecule has 0 radical (unpaired) electrons. The van der Waals surface area contributed by atoms with Gasteiger partial charge in [0.25, 0.3) is 6.71 Å². The summed E-state index contributed by atoms with van der Waals surface area (Å²) in [7, 11) is 0. The van der Waals surface area contributed by atoms with Crippen LogP contribution in [-0.2, 0) is 54.1 Å². The maximum absolute atomic E-state index is 7.88. The Morgan fingerprint density at radius 2 is 0.667 bits per heavy atom. The normalized spacial score (nSPS) is 22.2. The maximum atomic E-state index is 7.88. The molecule has 0 amide bonds. The summed E-state index contributed by atoms with van der Waals surface area (Å²) >= 11 is 0. The van der Waals surface area contributed by atoms with Crippen molar-refractivity contribution in [3.63, 3.8) is 0 Å². The summed E-state index contributed by atoms with van der Waals surface area (Å²) in [6.45, 7) is 51.5. The number of aryl methyl sites for hydroxylation is 1. The molecule has 1 aromatic heterocycles. The standard InChI is InChI=1S/C85H102BN3O/c1-51-42-70-73-71(43-51)89(55-25-30-61-65(47-55)83(16,17)39-35-79(61,8)9)74-57-49-66-67(85(20,21)41-40-84(66,18)19)50-72(57)90-75(74)86(73)68-31-26-56(48-69(68)88(70)54-24-29-60-64(46-54)82(14,15)38-34-78(60,6)7)87(52-22-27-58-62(44-52)80(10,11)36-32-76(58,2)3)53-23-28-59-63(45-53)81(12,13)37-33-77(59,4)5/h22-31,42-50H,32-41H2,1-21H3. The van der Waals surface area contributed by atoms with Crippen LogP contribution in [-0.4, -0.2) is 6.71 Å². The van der Waals surface area contributed by atoms with Gasteiger partial charge in [-0.05, 0) is 282 Å². The third-order valence-corrected chi connectivity index (χ3v) is 25.4. The van der Waals surface area contributed by atoms with Gasteiger partial charge in [-0.2, -0.15) is 0 Å². The molecule has 3 heterocycles. The van der Waals surface area contributed by atoms with Gasteiger partial charge in [0.05, 0.1) is 11.3 Å². The van der Waals surface area contributed by atoms with E-state index < -0.39 is 0 Å². The van der Waals surface area contributed by atoms with Gasteiger partial charge in [0.2, 0.25) is 0 Å². The van der Waals surface area contributed by atoms with Crippen LogP contribution >= 0.6 is 0 Å². The van der Waals surface area contributed by atoms with E-state index in [1.807, 2.05) is 0 Å².